The van der Waals surface area contributed by atoms with Gasteiger partial charge in [0.2, 0.25) is 0 Å². The highest BCUT2D eigenvalue weighted by Crippen LogP contribution is 2.30. The van der Waals surface area contributed by atoms with Crippen LogP contribution in [-0.4, -0.2) is 59.3 Å². The molecule has 1 aliphatic rings. The van der Waals surface area contributed by atoms with Crippen LogP contribution in [0, 0.1) is 13.8 Å². The molecule has 10 heteroatoms. The van der Waals surface area contributed by atoms with Gasteiger partial charge in [0.1, 0.15) is 6.54 Å². The largest absolute Gasteiger partial charge is 0.481 e. The number of carbonyl (C=O) groups excluding carboxylic acids is 3. The zero-order valence-electron chi connectivity index (χ0n) is 21.2. The van der Waals surface area contributed by atoms with Crippen LogP contribution >= 0.6 is 0 Å². The molecule has 0 saturated heterocycles. The van der Waals surface area contributed by atoms with Crippen LogP contribution in [0.25, 0.3) is 0 Å². The second-order valence-corrected chi connectivity index (χ2v) is 9.19. The second kappa shape index (κ2) is 12.2. The maximum absolute atomic E-state index is 13.6. The summed E-state index contributed by atoms with van der Waals surface area (Å²) in [6.45, 7) is 3.72. The Morgan fingerprint density at radius 3 is 2.46 bits per heavy atom. The minimum Gasteiger partial charge on any atom is -0.481 e. The van der Waals surface area contributed by atoms with Crippen LogP contribution in [0.15, 0.2) is 41.4 Å². The first-order chi connectivity index (χ1) is 17.6. The van der Waals surface area contributed by atoms with Gasteiger partial charge in [-0.15, -0.1) is 0 Å². The fourth-order valence-corrected chi connectivity index (χ4v) is 4.35. The minimum atomic E-state index is -1.08. The summed E-state index contributed by atoms with van der Waals surface area (Å²) < 4.78 is 0. The molecule has 2 aromatic carbocycles. The van der Waals surface area contributed by atoms with E-state index in [1.165, 1.54) is 4.90 Å². The number of carbonyl (C=O) groups is 4. The highest BCUT2D eigenvalue weighted by Gasteiger charge is 2.36. The molecule has 0 bridgehead atoms. The standard InChI is InChI=1S/C27H33N5O5/c1-17-7-9-20(18(2)14-17)26(37)32-22-10-8-19(6-4-3-5-12-30-27(28)29)15-21(22)25(36)31(16-23(32)33)13-11-24(34)35/h7-10,14-15H,3-6,11-13,16H2,1-2H3,(H,34,35)(H4,28,29,30). The van der Waals surface area contributed by atoms with Crippen molar-refractivity contribution in [3.05, 3.63) is 64.2 Å². The lowest BCUT2D eigenvalue weighted by Crippen LogP contribution is -2.43. The number of aliphatic carboxylic acids is 1. The number of imide groups is 1. The number of aliphatic imine (C=N–C) groups is 1. The number of carboxylic acids is 1. The first kappa shape index (κ1) is 27.4. The fraction of sp³-hybridized carbons (Fsp3) is 0.370. The maximum Gasteiger partial charge on any atom is 0.305 e. The molecular formula is C27H33N5O5. The molecule has 0 unspecified atom stereocenters. The van der Waals surface area contributed by atoms with E-state index in [9.17, 15) is 19.2 Å². The van der Waals surface area contributed by atoms with Crippen molar-refractivity contribution < 1.29 is 24.3 Å². The molecule has 3 amide bonds. The van der Waals surface area contributed by atoms with Gasteiger partial charge in [-0.3, -0.25) is 24.2 Å². The Hall–Kier alpha value is -4.21. The lowest BCUT2D eigenvalue weighted by atomic mass is 10.0. The van der Waals surface area contributed by atoms with Gasteiger partial charge in [-0.25, -0.2) is 4.90 Å². The van der Waals surface area contributed by atoms with Crippen LogP contribution in [0.2, 0.25) is 0 Å². The Morgan fingerprint density at radius 1 is 1.03 bits per heavy atom. The van der Waals surface area contributed by atoms with E-state index in [-0.39, 0.29) is 30.2 Å². The van der Waals surface area contributed by atoms with Crippen molar-refractivity contribution in [1.82, 2.24) is 4.90 Å². The zero-order valence-corrected chi connectivity index (χ0v) is 21.2. The van der Waals surface area contributed by atoms with E-state index in [1.54, 1.807) is 31.2 Å². The van der Waals surface area contributed by atoms with Crippen molar-refractivity contribution in [1.29, 1.82) is 0 Å². The summed E-state index contributed by atoms with van der Waals surface area (Å²) in [5.74, 6) is -2.61. The third-order valence-corrected chi connectivity index (χ3v) is 6.22. The summed E-state index contributed by atoms with van der Waals surface area (Å²) in [5.41, 5.74) is 14.0. The molecular weight excluding hydrogens is 474 g/mol. The van der Waals surface area contributed by atoms with Gasteiger partial charge in [0.25, 0.3) is 17.7 Å². The van der Waals surface area contributed by atoms with Crippen molar-refractivity contribution >= 4 is 35.3 Å². The monoisotopic (exact) mass is 507 g/mol. The first-order valence-corrected chi connectivity index (χ1v) is 12.2. The van der Waals surface area contributed by atoms with Crippen LogP contribution < -0.4 is 16.4 Å². The van der Waals surface area contributed by atoms with E-state index < -0.39 is 30.2 Å². The van der Waals surface area contributed by atoms with Crippen molar-refractivity contribution in [2.45, 2.75) is 46.0 Å². The summed E-state index contributed by atoms with van der Waals surface area (Å²) >= 11 is 0. The van der Waals surface area contributed by atoms with Crippen LogP contribution in [0.5, 0.6) is 0 Å². The fourth-order valence-electron chi connectivity index (χ4n) is 4.35. The molecule has 196 valence electrons. The van der Waals surface area contributed by atoms with Gasteiger partial charge in [-0.05, 0) is 62.4 Å². The number of fused-ring (bicyclic) bond motifs is 1. The van der Waals surface area contributed by atoms with Gasteiger partial charge < -0.3 is 21.5 Å². The topological polar surface area (TPSA) is 159 Å². The normalized spacial score (nSPS) is 13.2. The number of carboxylic acid groups (broad SMARTS) is 1. The number of guanidine groups is 1. The third-order valence-electron chi connectivity index (χ3n) is 6.22. The van der Waals surface area contributed by atoms with E-state index in [0.29, 0.717) is 18.5 Å². The molecule has 0 radical (unpaired) electrons. The predicted octanol–water partition coefficient (Wildman–Crippen LogP) is 2.39. The minimum absolute atomic E-state index is 0.0613. The lowest BCUT2D eigenvalue weighted by Gasteiger charge is -2.22. The molecule has 37 heavy (non-hydrogen) atoms. The number of nitrogens with two attached hydrogens (primary N) is 2. The van der Waals surface area contributed by atoms with Crippen LogP contribution in [-0.2, 0) is 16.0 Å². The first-order valence-electron chi connectivity index (χ1n) is 12.2. The van der Waals surface area contributed by atoms with E-state index in [2.05, 4.69) is 4.99 Å². The van der Waals surface area contributed by atoms with E-state index >= 15 is 0 Å². The van der Waals surface area contributed by atoms with Gasteiger partial charge in [0.15, 0.2) is 5.96 Å². The number of rotatable bonds is 10. The summed E-state index contributed by atoms with van der Waals surface area (Å²) in [6, 6.07) is 10.5. The Labute approximate surface area is 215 Å². The molecule has 10 nitrogen and oxygen atoms in total. The molecule has 1 heterocycles. The average molecular weight is 508 g/mol. The summed E-state index contributed by atoms with van der Waals surface area (Å²) in [6.07, 6.45) is 2.89. The molecule has 0 fully saturated rings. The van der Waals surface area contributed by atoms with Crippen LogP contribution in [0.1, 0.15) is 63.1 Å². The maximum atomic E-state index is 13.6. The summed E-state index contributed by atoms with van der Waals surface area (Å²) in [7, 11) is 0. The van der Waals surface area contributed by atoms with Gasteiger partial charge in [-0.1, -0.05) is 30.2 Å². The number of unbranched alkanes of at least 4 members (excludes halogenated alkanes) is 2. The summed E-state index contributed by atoms with van der Waals surface area (Å²) in [4.78, 5) is 57.7. The number of hydrogen-bond acceptors (Lipinski definition) is 5. The van der Waals surface area contributed by atoms with Crippen molar-refractivity contribution in [3.8, 4) is 0 Å². The number of benzene rings is 2. The molecule has 3 rings (SSSR count). The van der Waals surface area contributed by atoms with Gasteiger partial charge in [-0.2, -0.15) is 0 Å². The van der Waals surface area contributed by atoms with Gasteiger partial charge in [0.05, 0.1) is 17.7 Å². The number of nitrogens with zero attached hydrogens (tertiary/aromatic N) is 3. The van der Waals surface area contributed by atoms with Crippen molar-refractivity contribution in [2.75, 3.05) is 24.5 Å². The molecule has 0 aromatic heterocycles. The van der Waals surface area contributed by atoms with E-state index in [4.69, 9.17) is 16.6 Å². The number of hydrogen-bond donors (Lipinski definition) is 3. The molecule has 0 atom stereocenters. The Balaban J connectivity index is 1.93. The number of amides is 3. The quantitative estimate of drug-likeness (QED) is 0.193. The van der Waals surface area contributed by atoms with Crippen molar-refractivity contribution in [3.63, 3.8) is 0 Å². The van der Waals surface area contributed by atoms with Gasteiger partial charge in [0, 0.05) is 18.7 Å². The van der Waals surface area contributed by atoms with E-state index in [0.717, 1.165) is 40.9 Å². The average Bonchev–Trinajstić information content (AvgIpc) is 2.93. The SMILES string of the molecule is Cc1ccc(C(=O)N2C(=O)CN(CCC(=O)O)C(=O)c3cc(CCCCCN=C(N)N)ccc32)c(C)c1. The zero-order chi connectivity index (χ0) is 27.1. The highest BCUT2D eigenvalue weighted by atomic mass is 16.4. The lowest BCUT2D eigenvalue weighted by molar-refractivity contribution is -0.137. The molecule has 0 saturated carbocycles. The smallest absolute Gasteiger partial charge is 0.305 e. The molecule has 0 spiro atoms. The van der Waals surface area contributed by atoms with Crippen LogP contribution in [0.4, 0.5) is 5.69 Å². The number of anilines is 1. The second-order valence-electron chi connectivity index (χ2n) is 9.19. The Kier molecular flexibility index (Phi) is 9.00. The predicted molar refractivity (Wildman–Crippen MR) is 141 cm³/mol. The van der Waals surface area contributed by atoms with Crippen LogP contribution in [0.3, 0.4) is 0 Å². The van der Waals surface area contributed by atoms with Crippen molar-refractivity contribution in [2.24, 2.45) is 16.5 Å². The Morgan fingerprint density at radius 2 is 1.78 bits per heavy atom. The van der Waals surface area contributed by atoms with Gasteiger partial charge >= 0.3 is 5.97 Å². The Bertz CT molecular complexity index is 1240. The molecule has 5 N–H and O–H groups in total. The number of aryl methyl sites for hydroxylation is 3. The third kappa shape index (κ3) is 6.93. The van der Waals surface area contributed by atoms with E-state index in [1.807, 2.05) is 19.1 Å². The molecule has 0 aliphatic carbocycles. The molecule has 2 aromatic rings. The summed E-state index contributed by atoms with van der Waals surface area (Å²) in [5, 5.41) is 9.13. The molecule has 1 aliphatic heterocycles. The highest BCUT2D eigenvalue weighted by molar-refractivity contribution is 6.25.